The van der Waals surface area contributed by atoms with Crippen LogP contribution in [0.25, 0.3) is 27.8 Å². The third kappa shape index (κ3) is 7.19. The van der Waals surface area contributed by atoms with Gasteiger partial charge in [0.2, 0.25) is 23.7 Å². The second-order valence-electron chi connectivity index (χ2n) is 15.4. The first kappa shape index (κ1) is 37.8. The summed E-state index contributed by atoms with van der Waals surface area (Å²) in [5, 5.41) is 18.1. The van der Waals surface area contributed by atoms with Crippen molar-refractivity contribution in [1.82, 2.24) is 19.1 Å². The van der Waals surface area contributed by atoms with Gasteiger partial charge in [0, 0.05) is 22.7 Å². The zero-order valence-electron chi connectivity index (χ0n) is 31.8. The fourth-order valence-electron chi connectivity index (χ4n) is 8.06. The van der Waals surface area contributed by atoms with Crippen molar-refractivity contribution in [3.05, 3.63) is 113 Å². The monoisotopic (exact) mass is 776 g/mol. The maximum absolute atomic E-state index is 14.1. The lowest BCUT2D eigenvalue weighted by Gasteiger charge is -2.43. The minimum atomic E-state index is -1.01. The minimum absolute atomic E-state index is 0.00997. The number of imidazole rings is 2. The quantitative estimate of drug-likeness (QED) is 0.107. The van der Waals surface area contributed by atoms with E-state index in [4.69, 9.17) is 26.3 Å². The molecule has 3 N–H and O–H groups in total. The molecule has 2 aromatic heterocycles. The number of aromatic nitrogens is 4. The number of aliphatic hydroxyl groups is 1. The first-order chi connectivity index (χ1) is 27.0. The molecule has 2 aliphatic carbocycles. The largest absolute Gasteiger partial charge is 0.385 e. The van der Waals surface area contributed by atoms with Crippen molar-refractivity contribution in [2.24, 2.45) is 5.92 Å². The predicted octanol–water partition coefficient (Wildman–Crippen LogP) is 9.58. The van der Waals surface area contributed by atoms with Gasteiger partial charge in [-0.3, -0.25) is 24.8 Å². The Hall–Kier alpha value is -5.10. The standard InChI is InChI=1S/C44H46ClFN6O4/c1-4-44(55,5-2)29-14-20-35-37(22-29)52(42(48-35)50-40(54)27-10-9-11-27)33-24-34(25-33)56-43(3,28-12-7-6-8-13-28)26-39(53)49-41-47-36-21-15-30(45)23-38(36)51(41)32-18-16-31(46)17-19-32/h6-8,12-23,27,33-34,55H,4-5,9-11,24-26H2,1-3H3,(H,47,49,53)(H,48,50,54)/t33?,34?,43-/m1/s1. The molecule has 1 atom stereocenters. The maximum Gasteiger partial charge on any atom is 0.229 e. The number of carbonyl (C=O) groups is 2. The van der Waals surface area contributed by atoms with Gasteiger partial charge in [-0.15, -0.1) is 0 Å². The van der Waals surface area contributed by atoms with E-state index in [2.05, 4.69) is 15.2 Å². The number of anilines is 2. The topological polar surface area (TPSA) is 123 Å². The van der Waals surface area contributed by atoms with Crippen molar-refractivity contribution in [2.75, 3.05) is 10.6 Å². The van der Waals surface area contributed by atoms with Crippen LogP contribution in [0, 0.1) is 11.7 Å². The molecule has 2 aliphatic rings. The van der Waals surface area contributed by atoms with Gasteiger partial charge in [-0.25, -0.2) is 14.4 Å². The minimum Gasteiger partial charge on any atom is -0.385 e. The van der Waals surface area contributed by atoms with Crippen molar-refractivity contribution in [3.8, 4) is 5.69 Å². The Morgan fingerprint density at radius 1 is 0.875 bits per heavy atom. The Morgan fingerprint density at radius 2 is 1.55 bits per heavy atom. The van der Waals surface area contributed by atoms with Crippen LogP contribution in [0.4, 0.5) is 16.3 Å². The molecule has 8 rings (SSSR count). The maximum atomic E-state index is 14.1. The van der Waals surface area contributed by atoms with E-state index in [0.717, 1.165) is 41.4 Å². The molecule has 12 heteroatoms. The smallest absolute Gasteiger partial charge is 0.229 e. The van der Waals surface area contributed by atoms with Gasteiger partial charge in [-0.1, -0.05) is 68.3 Å². The van der Waals surface area contributed by atoms with Crippen molar-refractivity contribution < 1.29 is 23.8 Å². The summed E-state index contributed by atoms with van der Waals surface area (Å²) in [6.45, 7) is 5.88. The summed E-state index contributed by atoms with van der Waals surface area (Å²) in [6, 6.07) is 26.8. The fourth-order valence-corrected chi connectivity index (χ4v) is 8.22. The first-order valence-electron chi connectivity index (χ1n) is 19.5. The highest BCUT2D eigenvalue weighted by Gasteiger charge is 2.41. The lowest BCUT2D eigenvalue weighted by atomic mass is 9.84. The van der Waals surface area contributed by atoms with Crippen LogP contribution >= 0.6 is 11.6 Å². The van der Waals surface area contributed by atoms with Crippen LogP contribution in [-0.4, -0.2) is 42.1 Å². The second-order valence-corrected chi connectivity index (χ2v) is 15.9. The van der Waals surface area contributed by atoms with E-state index in [1.54, 1.807) is 34.9 Å². The highest BCUT2D eigenvalue weighted by Crippen LogP contribution is 2.45. The number of nitrogens with zero attached hydrogens (tertiary/aromatic N) is 4. The Bertz CT molecular complexity index is 2400. The number of ether oxygens (including phenoxy) is 1. The van der Waals surface area contributed by atoms with Crippen LogP contribution in [0.1, 0.15) is 89.3 Å². The number of halogens is 2. The summed E-state index contributed by atoms with van der Waals surface area (Å²) < 4.78 is 24.7. The molecule has 0 unspecified atom stereocenters. The van der Waals surface area contributed by atoms with E-state index in [0.29, 0.717) is 53.4 Å². The Balaban J connectivity index is 1.06. The molecule has 2 fully saturated rings. The van der Waals surface area contributed by atoms with Crippen molar-refractivity contribution in [2.45, 2.75) is 95.5 Å². The molecule has 0 aliphatic heterocycles. The molecule has 2 amide bonds. The SMILES string of the molecule is CCC(O)(CC)c1ccc2nc(NC(=O)C3CCC3)n(C3CC(O[C@](C)(CC(=O)Nc4nc5ccc(Cl)cc5n4-c4ccc(F)cc4)c4ccccc4)C3)c2c1. The van der Waals surface area contributed by atoms with Gasteiger partial charge in [-0.2, -0.15) is 0 Å². The molecule has 2 saturated carbocycles. The van der Waals surface area contributed by atoms with Gasteiger partial charge in [0.05, 0.1) is 45.8 Å². The molecular weight excluding hydrogens is 731 g/mol. The molecule has 2 heterocycles. The lowest BCUT2D eigenvalue weighted by Crippen LogP contribution is -2.42. The number of hydrogen-bond acceptors (Lipinski definition) is 6. The number of nitrogens with one attached hydrogen (secondary N) is 2. The van der Waals surface area contributed by atoms with Gasteiger partial charge < -0.3 is 14.4 Å². The van der Waals surface area contributed by atoms with E-state index >= 15 is 0 Å². The zero-order chi connectivity index (χ0) is 39.2. The van der Waals surface area contributed by atoms with Crippen molar-refractivity contribution >= 4 is 57.4 Å². The molecule has 0 spiro atoms. The van der Waals surface area contributed by atoms with E-state index in [9.17, 15) is 19.1 Å². The number of amides is 2. The molecular formula is C44H46ClFN6O4. The third-order valence-corrected chi connectivity index (χ3v) is 12.0. The van der Waals surface area contributed by atoms with Gasteiger partial charge in [-0.05, 0) is 111 Å². The van der Waals surface area contributed by atoms with Gasteiger partial charge in [0.1, 0.15) is 5.82 Å². The average molecular weight is 777 g/mol. The highest BCUT2D eigenvalue weighted by molar-refractivity contribution is 6.31. The normalized spacial score (nSPS) is 18.3. The molecule has 290 valence electrons. The molecule has 4 aromatic carbocycles. The first-order valence-corrected chi connectivity index (χ1v) is 19.9. The summed E-state index contributed by atoms with van der Waals surface area (Å²) in [7, 11) is 0. The van der Waals surface area contributed by atoms with E-state index in [1.165, 1.54) is 12.1 Å². The van der Waals surface area contributed by atoms with Crippen molar-refractivity contribution in [1.29, 1.82) is 0 Å². The number of hydrogen-bond donors (Lipinski definition) is 3. The summed E-state index contributed by atoms with van der Waals surface area (Å²) in [6.07, 6.45) is 4.96. The Kier molecular flexibility index (Phi) is 10.2. The van der Waals surface area contributed by atoms with Crippen LogP contribution in [-0.2, 0) is 25.5 Å². The summed E-state index contributed by atoms with van der Waals surface area (Å²) >= 11 is 6.36. The summed E-state index contributed by atoms with van der Waals surface area (Å²) in [5.41, 5.74) is 3.18. The second kappa shape index (κ2) is 15.1. The molecule has 10 nitrogen and oxygen atoms in total. The van der Waals surface area contributed by atoms with Gasteiger partial charge in [0.25, 0.3) is 0 Å². The third-order valence-electron chi connectivity index (χ3n) is 11.8. The number of carbonyl (C=O) groups excluding carboxylic acids is 2. The van der Waals surface area contributed by atoms with Crippen molar-refractivity contribution in [3.63, 3.8) is 0 Å². The van der Waals surface area contributed by atoms with E-state index < -0.39 is 11.2 Å². The number of fused-ring (bicyclic) bond motifs is 2. The van der Waals surface area contributed by atoms with E-state index in [1.807, 2.05) is 69.3 Å². The van der Waals surface area contributed by atoms with Crippen LogP contribution in [0.2, 0.25) is 5.02 Å². The summed E-state index contributed by atoms with van der Waals surface area (Å²) in [5.74, 6) is 0.0622. The van der Waals surface area contributed by atoms with Gasteiger partial charge in [0.15, 0.2) is 0 Å². The Morgan fingerprint density at radius 3 is 2.23 bits per heavy atom. The number of benzene rings is 4. The van der Waals surface area contributed by atoms with Crippen LogP contribution < -0.4 is 10.6 Å². The molecule has 0 radical (unpaired) electrons. The molecule has 0 saturated heterocycles. The highest BCUT2D eigenvalue weighted by atomic mass is 35.5. The average Bonchev–Trinajstić information content (AvgIpc) is 3.68. The van der Waals surface area contributed by atoms with Crippen LogP contribution in [0.15, 0.2) is 91.0 Å². The Labute approximate surface area is 330 Å². The molecule has 56 heavy (non-hydrogen) atoms. The van der Waals surface area contributed by atoms with Crippen LogP contribution in [0.5, 0.6) is 0 Å². The summed E-state index contributed by atoms with van der Waals surface area (Å²) in [4.78, 5) is 36.8. The number of rotatable bonds is 13. The van der Waals surface area contributed by atoms with E-state index in [-0.39, 0.29) is 48.1 Å². The predicted molar refractivity (Wildman–Crippen MR) is 216 cm³/mol. The fraction of sp³-hybridized carbons (Fsp3) is 0.364. The van der Waals surface area contributed by atoms with Crippen LogP contribution in [0.3, 0.4) is 0 Å². The molecule has 6 aromatic rings. The van der Waals surface area contributed by atoms with Gasteiger partial charge >= 0.3 is 0 Å². The lowest BCUT2D eigenvalue weighted by molar-refractivity contribution is -0.146. The molecule has 0 bridgehead atoms. The zero-order valence-corrected chi connectivity index (χ0v) is 32.5.